The number of aliphatic carboxylic acids is 1. The molecule has 1 N–H and O–H groups in total. The van der Waals surface area contributed by atoms with E-state index in [1.54, 1.807) is 0 Å². The van der Waals surface area contributed by atoms with Gasteiger partial charge in [0.05, 0.1) is 0 Å². The van der Waals surface area contributed by atoms with Gasteiger partial charge < -0.3 is 5.11 Å². The van der Waals surface area contributed by atoms with E-state index in [0.29, 0.717) is 0 Å². The molecule has 0 aromatic carbocycles. The highest BCUT2D eigenvalue weighted by atomic mass is 31.1. The molecule has 0 aliphatic carbocycles. The Balaban J connectivity index is 3.38. The van der Waals surface area contributed by atoms with Gasteiger partial charge in [0.15, 0.2) is 0 Å². The third-order valence-electron chi connectivity index (χ3n) is 0.503. The van der Waals surface area contributed by atoms with Crippen LogP contribution in [0.1, 0.15) is 0 Å². The van der Waals surface area contributed by atoms with Crippen molar-refractivity contribution in [3.8, 4) is 0 Å². The molecule has 0 unspecified atom stereocenters. The van der Waals surface area contributed by atoms with Gasteiger partial charge in [-0.2, -0.15) is 0 Å². The molecular formula is C3H6NO3P. The van der Waals surface area contributed by atoms with E-state index in [1.165, 1.54) is 7.05 Å². The van der Waals surface area contributed by atoms with Gasteiger partial charge in [0.25, 0.3) is 0 Å². The molecule has 0 saturated carbocycles. The summed E-state index contributed by atoms with van der Waals surface area (Å²) >= 11 is 0. The first-order valence-electron chi connectivity index (χ1n) is 1.93. The van der Waals surface area contributed by atoms with Crippen LogP contribution in [0.4, 0.5) is 0 Å². The predicted octanol–water partition coefficient (Wildman–Crippen LogP) is 0.209. The average molecular weight is 135 g/mol. The van der Waals surface area contributed by atoms with Crippen molar-refractivity contribution in [2.75, 3.05) is 13.6 Å². The lowest BCUT2D eigenvalue weighted by atomic mass is 10.7. The van der Waals surface area contributed by atoms with E-state index < -0.39 is 5.97 Å². The van der Waals surface area contributed by atoms with Gasteiger partial charge in [-0.15, -0.1) is 0 Å². The van der Waals surface area contributed by atoms with E-state index in [9.17, 15) is 9.36 Å². The van der Waals surface area contributed by atoms with Crippen molar-refractivity contribution in [3.63, 3.8) is 0 Å². The first kappa shape index (κ1) is 7.53. The fourth-order valence-electron chi connectivity index (χ4n) is 0.225. The number of hydrogen-bond acceptors (Lipinski definition) is 2. The van der Waals surface area contributed by atoms with Crippen LogP contribution in [0.15, 0.2) is 0 Å². The van der Waals surface area contributed by atoms with E-state index in [1.807, 2.05) is 0 Å². The van der Waals surface area contributed by atoms with Crippen LogP contribution in [0.3, 0.4) is 0 Å². The zero-order valence-electron chi connectivity index (χ0n) is 4.37. The largest absolute Gasteiger partial charge is 0.480 e. The molecule has 4 nitrogen and oxygen atoms in total. The maximum Gasteiger partial charge on any atom is 0.318 e. The zero-order chi connectivity index (χ0) is 6.57. The molecule has 0 aliphatic rings. The Morgan fingerprint density at radius 2 is 2.38 bits per heavy atom. The minimum Gasteiger partial charge on any atom is -0.480 e. The molecule has 0 heterocycles. The molecule has 0 bridgehead atoms. The second-order valence-electron chi connectivity index (χ2n) is 1.29. The number of carbonyl (C=O) groups is 1. The van der Waals surface area contributed by atoms with Crippen molar-refractivity contribution in [1.29, 1.82) is 0 Å². The van der Waals surface area contributed by atoms with Gasteiger partial charge in [-0.1, -0.05) is 0 Å². The second kappa shape index (κ2) is 3.52. The molecule has 0 aromatic heterocycles. The summed E-state index contributed by atoms with van der Waals surface area (Å²) in [5, 5.41) is 8.03. The normalized spacial score (nSPS) is 10.2. The summed E-state index contributed by atoms with van der Waals surface area (Å²) in [6, 6.07) is 0. The molecule has 5 heteroatoms. The number of nitrogens with zero attached hydrogens (tertiary/aromatic N) is 1. The van der Waals surface area contributed by atoms with Gasteiger partial charge in [-0.05, 0) is 7.05 Å². The predicted molar refractivity (Wildman–Crippen MR) is 27.9 cm³/mol. The van der Waals surface area contributed by atoms with E-state index in [2.05, 4.69) is 0 Å². The summed E-state index contributed by atoms with van der Waals surface area (Å²) in [5.41, 5.74) is 0. The fourth-order valence-corrected chi connectivity index (χ4v) is 0.403. The quantitative estimate of drug-likeness (QED) is 0.562. The highest BCUT2D eigenvalue weighted by molar-refractivity contribution is 7.20. The summed E-state index contributed by atoms with van der Waals surface area (Å²) < 4.78 is 10.9. The maximum atomic E-state index is 9.80. The summed E-state index contributed by atoms with van der Waals surface area (Å²) in [7, 11) is 1.19. The minimum atomic E-state index is -0.976. The van der Waals surface area contributed by atoms with Crippen molar-refractivity contribution >= 4 is 14.6 Å². The molecule has 0 rings (SSSR count). The Hall–Kier alpha value is -0.470. The molecule has 46 valence electrons. The fraction of sp³-hybridized carbons (Fsp3) is 0.667. The van der Waals surface area contributed by atoms with Crippen LogP contribution < -0.4 is 0 Å². The number of likely N-dealkylation sites (N-methyl/N-ethyl adjacent to an activating group) is 1. The lowest BCUT2D eigenvalue weighted by molar-refractivity contribution is -0.136. The standard InChI is InChI=1S/C3H6NO3P/c1-4(8-7)2-3(5)6/h2H2,1H3,(H,5,6). The second-order valence-corrected chi connectivity index (χ2v) is 2.14. The van der Waals surface area contributed by atoms with Crippen LogP contribution in [-0.2, 0) is 9.36 Å². The van der Waals surface area contributed by atoms with Crippen LogP contribution in [0.5, 0.6) is 0 Å². The van der Waals surface area contributed by atoms with E-state index >= 15 is 0 Å². The van der Waals surface area contributed by atoms with E-state index in [4.69, 9.17) is 5.11 Å². The molecule has 0 amide bonds. The topological polar surface area (TPSA) is 57.6 Å². The minimum absolute atomic E-state index is 0.189. The lowest BCUT2D eigenvalue weighted by Crippen LogP contribution is -2.15. The van der Waals surface area contributed by atoms with Crippen LogP contribution >= 0.6 is 8.61 Å². The van der Waals surface area contributed by atoms with Gasteiger partial charge in [0.1, 0.15) is 6.54 Å². The van der Waals surface area contributed by atoms with Crippen molar-refractivity contribution in [3.05, 3.63) is 0 Å². The molecular weight excluding hydrogens is 129 g/mol. The van der Waals surface area contributed by atoms with Crippen molar-refractivity contribution in [2.24, 2.45) is 0 Å². The Bertz CT molecular complexity index is 105. The molecule has 0 saturated heterocycles. The summed E-state index contributed by atoms with van der Waals surface area (Å²) in [6.45, 7) is -0.189. The number of carboxylic acids is 1. The molecule has 0 atom stereocenters. The van der Waals surface area contributed by atoms with Gasteiger partial charge in [0.2, 0.25) is 8.61 Å². The van der Waals surface area contributed by atoms with Crippen LogP contribution in [0.2, 0.25) is 0 Å². The highest BCUT2D eigenvalue weighted by Gasteiger charge is 2.00. The summed E-state index contributed by atoms with van der Waals surface area (Å²) in [4.78, 5) is 9.78. The van der Waals surface area contributed by atoms with Gasteiger partial charge in [0, 0.05) is 0 Å². The molecule has 0 aromatic rings. The highest BCUT2D eigenvalue weighted by Crippen LogP contribution is 1.96. The Morgan fingerprint density at radius 1 is 1.88 bits per heavy atom. The monoisotopic (exact) mass is 135 g/mol. The van der Waals surface area contributed by atoms with Crippen molar-refractivity contribution < 1.29 is 14.5 Å². The van der Waals surface area contributed by atoms with Crippen molar-refractivity contribution in [1.82, 2.24) is 4.67 Å². The average Bonchev–Trinajstić information content (AvgIpc) is 1.65. The molecule has 0 radical (unpaired) electrons. The molecule has 8 heavy (non-hydrogen) atoms. The van der Waals surface area contributed by atoms with Gasteiger partial charge in [-0.3, -0.25) is 9.36 Å². The molecule has 0 fully saturated rings. The number of carboxylic acid groups (broad SMARTS) is 1. The first-order chi connectivity index (χ1) is 3.66. The van der Waals surface area contributed by atoms with E-state index in [0.717, 1.165) is 4.67 Å². The molecule has 0 aliphatic heterocycles. The van der Waals surface area contributed by atoms with Gasteiger partial charge in [-0.25, -0.2) is 4.67 Å². The van der Waals surface area contributed by atoms with Crippen molar-refractivity contribution in [2.45, 2.75) is 0 Å². The van der Waals surface area contributed by atoms with E-state index in [-0.39, 0.29) is 15.2 Å². The number of hydrogen-bond donors (Lipinski definition) is 1. The number of rotatable bonds is 3. The Morgan fingerprint density at radius 3 is 2.50 bits per heavy atom. The smallest absolute Gasteiger partial charge is 0.318 e. The molecule has 0 spiro atoms. The third kappa shape index (κ3) is 3.71. The SMILES string of the molecule is CN(CC(=O)O)P=O. The van der Waals surface area contributed by atoms with Gasteiger partial charge >= 0.3 is 5.97 Å². The van der Waals surface area contributed by atoms with Crippen LogP contribution in [0.25, 0.3) is 0 Å². The first-order valence-corrected chi connectivity index (χ1v) is 2.69. The Kier molecular flexibility index (Phi) is 3.31. The maximum absolute atomic E-state index is 9.80. The summed E-state index contributed by atoms with van der Waals surface area (Å²) in [5.74, 6) is -0.976. The van der Waals surface area contributed by atoms with Crippen LogP contribution in [0, 0.1) is 0 Å². The third-order valence-corrected chi connectivity index (χ3v) is 0.924. The lowest BCUT2D eigenvalue weighted by Gasteiger charge is -1.98. The zero-order valence-corrected chi connectivity index (χ0v) is 5.26. The van der Waals surface area contributed by atoms with Crippen LogP contribution in [-0.4, -0.2) is 29.3 Å². The Labute approximate surface area is 48.4 Å². The summed E-state index contributed by atoms with van der Waals surface area (Å²) in [6.07, 6.45) is 0.